The van der Waals surface area contributed by atoms with Crippen molar-refractivity contribution in [1.29, 1.82) is 0 Å². The number of aromatic nitrogens is 2. The van der Waals surface area contributed by atoms with Gasteiger partial charge in [0, 0.05) is 11.5 Å². The third-order valence-corrected chi connectivity index (χ3v) is 5.15. The van der Waals surface area contributed by atoms with Gasteiger partial charge in [-0.25, -0.2) is 13.6 Å². The van der Waals surface area contributed by atoms with Crippen LogP contribution in [0.2, 0.25) is 0 Å². The van der Waals surface area contributed by atoms with Gasteiger partial charge in [-0.05, 0) is 30.0 Å². The normalized spacial score (nSPS) is 20.0. The van der Waals surface area contributed by atoms with Crippen LogP contribution in [-0.2, 0) is 10.0 Å². The van der Waals surface area contributed by atoms with E-state index in [9.17, 15) is 8.42 Å². The van der Waals surface area contributed by atoms with Crippen molar-refractivity contribution < 1.29 is 12.9 Å². The highest BCUT2D eigenvalue weighted by atomic mass is 32.2. The van der Waals surface area contributed by atoms with Crippen LogP contribution in [0.25, 0.3) is 11.4 Å². The van der Waals surface area contributed by atoms with Crippen molar-refractivity contribution in [2.24, 2.45) is 5.14 Å². The van der Waals surface area contributed by atoms with Crippen LogP contribution in [0.15, 0.2) is 64.0 Å². The monoisotopic (exact) mass is 341 g/mol. The summed E-state index contributed by atoms with van der Waals surface area (Å²) in [6.45, 7) is 0. The lowest BCUT2D eigenvalue weighted by Gasteiger charge is -2.01. The van der Waals surface area contributed by atoms with E-state index in [4.69, 9.17) is 9.66 Å². The lowest BCUT2D eigenvalue weighted by molar-refractivity contribution is 0.378. The molecule has 1 saturated carbocycles. The Labute approximate surface area is 139 Å². The van der Waals surface area contributed by atoms with Gasteiger partial charge >= 0.3 is 0 Å². The molecule has 1 heterocycles. The first-order valence-electron chi connectivity index (χ1n) is 7.54. The average molecular weight is 341 g/mol. The number of benzene rings is 2. The molecule has 2 atom stereocenters. The molecule has 3 aromatic rings. The molecular formula is C17H15N3O3S. The molecule has 0 radical (unpaired) electrons. The van der Waals surface area contributed by atoms with Gasteiger partial charge in [0.2, 0.25) is 21.7 Å². The molecule has 0 amide bonds. The second-order valence-corrected chi connectivity index (χ2v) is 7.45. The van der Waals surface area contributed by atoms with Crippen molar-refractivity contribution in [2.45, 2.75) is 23.2 Å². The molecule has 0 aliphatic heterocycles. The molecule has 1 aliphatic carbocycles. The van der Waals surface area contributed by atoms with Gasteiger partial charge in [-0.2, -0.15) is 4.98 Å². The van der Waals surface area contributed by atoms with E-state index in [1.165, 1.54) is 12.1 Å². The van der Waals surface area contributed by atoms with Gasteiger partial charge in [0.1, 0.15) is 0 Å². The van der Waals surface area contributed by atoms with Gasteiger partial charge in [0.15, 0.2) is 0 Å². The molecule has 24 heavy (non-hydrogen) atoms. The molecular weight excluding hydrogens is 326 g/mol. The van der Waals surface area contributed by atoms with E-state index < -0.39 is 10.0 Å². The average Bonchev–Trinajstić information content (AvgIpc) is 3.23. The van der Waals surface area contributed by atoms with E-state index in [2.05, 4.69) is 10.1 Å². The van der Waals surface area contributed by atoms with Crippen LogP contribution in [-0.4, -0.2) is 18.6 Å². The number of primary sulfonamides is 1. The van der Waals surface area contributed by atoms with Crippen molar-refractivity contribution >= 4 is 10.0 Å². The minimum atomic E-state index is -3.66. The summed E-state index contributed by atoms with van der Waals surface area (Å²) in [4.78, 5) is 4.60. The Morgan fingerprint density at radius 2 is 1.71 bits per heavy atom. The number of rotatable bonds is 4. The van der Waals surface area contributed by atoms with E-state index in [0.717, 1.165) is 17.5 Å². The first-order valence-corrected chi connectivity index (χ1v) is 9.09. The van der Waals surface area contributed by atoms with Crippen LogP contribution >= 0.6 is 0 Å². The number of hydrogen-bond acceptors (Lipinski definition) is 5. The summed E-state index contributed by atoms with van der Waals surface area (Å²) in [6.07, 6.45) is 0.908. The van der Waals surface area contributed by atoms with Crippen molar-refractivity contribution in [1.82, 2.24) is 10.1 Å². The zero-order valence-corrected chi connectivity index (χ0v) is 13.5. The summed E-state index contributed by atoms with van der Waals surface area (Å²) in [5.41, 5.74) is 1.97. The third-order valence-electron chi connectivity index (χ3n) is 4.22. The zero-order valence-electron chi connectivity index (χ0n) is 12.7. The van der Waals surface area contributed by atoms with Crippen LogP contribution in [0.5, 0.6) is 0 Å². The minimum Gasteiger partial charge on any atom is -0.339 e. The third kappa shape index (κ3) is 2.83. The summed E-state index contributed by atoms with van der Waals surface area (Å²) in [7, 11) is -3.66. The number of hydrogen-bond donors (Lipinski definition) is 1. The van der Waals surface area contributed by atoms with Crippen LogP contribution < -0.4 is 5.14 Å². The second kappa shape index (κ2) is 5.54. The maximum Gasteiger partial charge on any atom is 0.238 e. The highest BCUT2D eigenvalue weighted by molar-refractivity contribution is 7.89. The van der Waals surface area contributed by atoms with Crippen molar-refractivity contribution in [3.8, 4) is 11.4 Å². The maximum absolute atomic E-state index is 11.3. The van der Waals surface area contributed by atoms with Crippen molar-refractivity contribution in [2.75, 3.05) is 0 Å². The Morgan fingerprint density at radius 1 is 1.00 bits per heavy atom. The summed E-state index contributed by atoms with van der Waals surface area (Å²) in [5, 5.41) is 9.15. The quantitative estimate of drug-likeness (QED) is 0.786. The highest BCUT2D eigenvalue weighted by Gasteiger charge is 2.43. The molecule has 1 aliphatic rings. The molecule has 1 fully saturated rings. The Hall–Kier alpha value is -2.51. The van der Waals surface area contributed by atoms with Gasteiger partial charge in [-0.1, -0.05) is 47.6 Å². The smallest absolute Gasteiger partial charge is 0.238 e. The predicted octanol–water partition coefficient (Wildman–Crippen LogP) is 2.66. The van der Waals surface area contributed by atoms with E-state index in [0.29, 0.717) is 11.7 Å². The standard InChI is InChI=1S/C17H15N3O3S/c18-24(21,22)13-8-6-11(7-9-13)14-10-15(14)17-19-16(20-23-17)12-4-2-1-3-5-12/h1-9,14-15H,10H2,(H2,18,21,22)/t14-,15+/m1/s1. The first-order chi connectivity index (χ1) is 11.5. The van der Waals surface area contributed by atoms with Gasteiger partial charge in [0.05, 0.1) is 4.90 Å². The van der Waals surface area contributed by atoms with E-state index in [-0.39, 0.29) is 16.7 Å². The van der Waals surface area contributed by atoms with Crippen LogP contribution in [0.3, 0.4) is 0 Å². The molecule has 0 saturated heterocycles. The summed E-state index contributed by atoms with van der Waals surface area (Å²) in [6, 6.07) is 16.3. The molecule has 2 aromatic carbocycles. The second-order valence-electron chi connectivity index (χ2n) is 5.88. The molecule has 0 unspecified atom stereocenters. The van der Waals surface area contributed by atoms with Gasteiger partial charge in [-0.3, -0.25) is 0 Å². The Bertz CT molecular complexity index is 966. The molecule has 2 N–H and O–H groups in total. The molecule has 0 spiro atoms. The molecule has 7 heteroatoms. The summed E-state index contributed by atoms with van der Waals surface area (Å²) in [5.74, 6) is 1.65. The van der Waals surface area contributed by atoms with Gasteiger partial charge in [0.25, 0.3) is 0 Å². The SMILES string of the molecule is NS(=O)(=O)c1ccc([C@H]2C[C@@H]2c2nc(-c3ccccc3)no2)cc1. The maximum atomic E-state index is 11.3. The minimum absolute atomic E-state index is 0.118. The molecule has 6 nitrogen and oxygen atoms in total. The Morgan fingerprint density at radius 3 is 2.38 bits per heavy atom. The highest BCUT2D eigenvalue weighted by Crippen LogP contribution is 2.54. The summed E-state index contributed by atoms with van der Waals surface area (Å²) >= 11 is 0. The molecule has 122 valence electrons. The van der Waals surface area contributed by atoms with Crippen molar-refractivity contribution in [3.63, 3.8) is 0 Å². The zero-order chi connectivity index (χ0) is 16.7. The Kier molecular flexibility index (Phi) is 3.47. The van der Waals surface area contributed by atoms with Gasteiger partial charge < -0.3 is 4.52 Å². The predicted molar refractivity (Wildman–Crippen MR) is 87.6 cm³/mol. The fraction of sp³-hybridized carbons (Fsp3) is 0.176. The van der Waals surface area contributed by atoms with E-state index in [1.807, 2.05) is 30.3 Å². The number of nitrogens with two attached hydrogens (primary N) is 1. The van der Waals surface area contributed by atoms with Crippen LogP contribution in [0.1, 0.15) is 29.7 Å². The van der Waals surface area contributed by atoms with Crippen LogP contribution in [0.4, 0.5) is 0 Å². The Balaban J connectivity index is 1.52. The van der Waals surface area contributed by atoms with Crippen molar-refractivity contribution in [3.05, 3.63) is 66.1 Å². The fourth-order valence-electron chi connectivity index (χ4n) is 2.83. The molecule has 4 rings (SSSR count). The van der Waals surface area contributed by atoms with Gasteiger partial charge in [-0.15, -0.1) is 0 Å². The van der Waals surface area contributed by atoms with E-state index >= 15 is 0 Å². The van der Waals surface area contributed by atoms with E-state index in [1.54, 1.807) is 12.1 Å². The molecule has 1 aromatic heterocycles. The fourth-order valence-corrected chi connectivity index (χ4v) is 3.35. The summed E-state index contributed by atoms with van der Waals surface area (Å²) < 4.78 is 28.0. The largest absolute Gasteiger partial charge is 0.339 e. The molecule has 0 bridgehead atoms. The lowest BCUT2D eigenvalue weighted by atomic mass is 10.1. The topological polar surface area (TPSA) is 99.1 Å². The number of nitrogens with zero attached hydrogens (tertiary/aromatic N) is 2. The lowest BCUT2D eigenvalue weighted by Crippen LogP contribution is -2.11. The number of sulfonamides is 1. The first kappa shape index (κ1) is 15.0. The van der Waals surface area contributed by atoms with Crippen LogP contribution in [0, 0.1) is 0 Å².